The van der Waals surface area contributed by atoms with Crippen molar-refractivity contribution in [3.8, 4) is 0 Å². The van der Waals surface area contributed by atoms with E-state index in [2.05, 4.69) is 10.6 Å². The molecule has 0 unspecified atom stereocenters. The van der Waals surface area contributed by atoms with Crippen LogP contribution in [0.1, 0.15) is 18.4 Å². The van der Waals surface area contributed by atoms with Crippen molar-refractivity contribution in [2.75, 3.05) is 19.7 Å². The van der Waals surface area contributed by atoms with Gasteiger partial charge in [0.1, 0.15) is 0 Å². The molecule has 0 spiro atoms. The summed E-state index contributed by atoms with van der Waals surface area (Å²) < 4.78 is 0. The first-order valence-corrected chi connectivity index (χ1v) is 6.95. The number of hydrogen-bond acceptors (Lipinski definition) is 3. The summed E-state index contributed by atoms with van der Waals surface area (Å²) in [5.41, 5.74) is 1.13. The molecule has 1 aromatic rings. The van der Waals surface area contributed by atoms with E-state index in [1.54, 1.807) is 0 Å². The summed E-state index contributed by atoms with van der Waals surface area (Å²) in [6, 6.07) is 9.74. The molecule has 0 bridgehead atoms. The minimum absolute atomic E-state index is 0.0222. The van der Waals surface area contributed by atoms with Gasteiger partial charge in [-0.15, -0.1) is 0 Å². The van der Waals surface area contributed by atoms with Crippen LogP contribution in [0.4, 0.5) is 0 Å². The number of carbonyl (C=O) groups is 1. The van der Waals surface area contributed by atoms with Gasteiger partial charge in [-0.25, -0.2) is 0 Å². The van der Waals surface area contributed by atoms with E-state index in [1.807, 2.05) is 30.3 Å². The summed E-state index contributed by atoms with van der Waals surface area (Å²) in [7, 11) is 0. The Morgan fingerprint density at radius 3 is 2.63 bits per heavy atom. The van der Waals surface area contributed by atoms with Crippen LogP contribution in [-0.2, 0) is 11.2 Å². The van der Waals surface area contributed by atoms with Crippen molar-refractivity contribution in [3.05, 3.63) is 35.9 Å². The van der Waals surface area contributed by atoms with Gasteiger partial charge < -0.3 is 15.7 Å². The Hall–Kier alpha value is -1.39. The van der Waals surface area contributed by atoms with E-state index < -0.39 is 0 Å². The van der Waals surface area contributed by atoms with Gasteiger partial charge in [-0.2, -0.15) is 0 Å². The molecule has 0 aliphatic carbocycles. The van der Waals surface area contributed by atoms with E-state index >= 15 is 0 Å². The molecule has 1 aliphatic rings. The van der Waals surface area contributed by atoms with Crippen LogP contribution in [0.25, 0.3) is 0 Å². The van der Waals surface area contributed by atoms with Crippen LogP contribution in [0.3, 0.4) is 0 Å². The molecule has 3 N–H and O–H groups in total. The van der Waals surface area contributed by atoms with Gasteiger partial charge in [-0.1, -0.05) is 30.3 Å². The van der Waals surface area contributed by atoms with Crippen LogP contribution in [0.5, 0.6) is 0 Å². The lowest BCUT2D eigenvalue weighted by Gasteiger charge is -2.24. The van der Waals surface area contributed by atoms with Gasteiger partial charge in [0.25, 0.3) is 0 Å². The van der Waals surface area contributed by atoms with E-state index in [4.69, 9.17) is 0 Å². The fourth-order valence-corrected chi connectivity index (χ4v) is 2.46. The Kier molecular flexibility index (Phi) is 5.36. The zero-order valence-corrected chi connectivity index (χ0v) is 11.1. The second-order valence-electron chi connectivity index (χ2n) is 5.10. The molecule has 2 rings (SSSR count). The monoisotopic (exact) mass is 262 g/mol. The van der Waals surface area contributed by atoms with Crippen molar-refractivity contribution in [2.24, 2.45) is 5.92 Å². The van der Waals surface area contributed by atoms with Crippen molar-refractivity contribution >= 4 is 5.91 Å². The third-order valence-corrected chi connectivity index (χ3v) is 3.60. The second kappa shape index (κ2) is 7.26. The third kappa shape index (κ3) is 4.33. The van der Waals surface area contributed by atoms with Gasteiger partial charge in [0, 0.05) is 5.92 Å². The molecule has 104 valence electrons. The highest BCUT2D eigenvalue weighted by atomic mass is 16.3. The van der Waals surface area contributed by atoms with Crippen LogP contribution in [0, 0.1) is 5.92 Å². The van der Waals surface area contributed by atoms with E-state index in [-0.39, 0.29) is 24.5 Å². The molecule has 19 heavy (non-hydrogen) atoms. The van der Waals surface area contributed by atoms with Gasteiger partial charge >= 0.3 is 0 Å². The Bertz CT molecular complexity index is 388. The van der Waals surface area contributed by atoms with Crippen molar-refractivity contribution < 1.29 is 9.90 Å². The summed E-state index contributed by atoms with van der Waals surface area (Å²) >= 11 is 0. The molecule has 0 aromatic heterocycles. The molecule has 1 amide bonds. The molecule has 1 heterocycles. The Balaban J connectivity index is 1.86. The summed E-state index contributed by atoms with van der Waals surface area (Å²) in [5.74, 6) is 0.169. The number of amides is 1. The minimum Gasteiger partial charge on any atom is -0.394 e. The maximum atomic E-state index is 12.1. The van der Waals surface area contributed by atoms with Crippen molar-refractivity contribution in [2.45, 2.75) is 25.3 Å². The second-order valence-corrected chi connectivity index (χ2v) is 5.10. The molecule has 4 nitrogen and oxygen atoms in total. The molecule has 0 saturated carbocycles. The molecular weight excluding hydrogens is 240 g/mol. The molecule has 1 fully saturated rings. The van der Waals surface area contributed by atoms with Crippen LogP contribution in [0.2, 0.25) is 0 Å². The lowest BCUT2D eigenvalue weighted by molar-refractivity contribution is -0.126. The molecule has 4 heteroatoms. The van der Waals surface area contributed by atoms with E-state index in [0.717, 1.165) is 31.5 Å². The summed E-state index contributed by atoms with van der Waals surface area (Å²) in [6.07, 6.45) is 2.44. The predicted octanol–water partition coefficient (Wildman–Crippen LogP) is 0.706. The van der Waals surface area contributed by atoms with Gasteiger partial charge in [0.15, 0.2) is 0 Å². The molecule has 1 saturated heterocycles. The van der Waals surface area contributed by atoms with Gasteiger partial charge in [0.2, 0.25) is 5.91 Å². The van der Waals surface area contributed by atoms with Gasteiger partial charge in [0.05, 0.1) is 12.6 Å². The maximum Gasteiger partial charge on any atom is 0.223 e. The highest BCUT2D eigenvalue weighted by Crippen LogP contribution is 2.12. The van der Waals surface area contributed by atoms with E-state index in [9.17, 15) is 9.90 Å². The predicted molar refractivity (Wildman–Crippen MR) is 74.8 cm³/mol. The zero-order valence-electron chi connectivity index (χ0n) is 11.1. The lowest BCUT2D eigenvalue weighted by atomic mass is 9.96. The smallest absolute Gasteiger partial charge is 0.223 e. The number of aliphatic hydroxyl groups is 1. The largest absolute Gasteiger partial charge is 0.394 e. The highest BCUT2D eigenvalue weighted by Gasteiger charge is 2.22. The Morgan fingerprint density at radius 1 is 1.32 bits per heavy atom. The number of rotatable bonds is 5. The van der Waals surface area contributed by atoms with Gasteiger partial charge in [-0.3, -0.25) is 4.79 Å². The zero-order chi connectivity index (χ0) is 13.5. The standard InChI is InChI=1S/C15H22N2O2/c18-11-14(10-12-4-2-1-3-5-12)17-15(19)13-6-8-16-9-7-13/h1-5,13-14,16,18H,6-11H2,(H,17,19)/t14-/m1/s1. The average Bonchev–Trinajstić information content (AvgIpc) is 2.48. The fourth-order valence-electron chi connectivity index (χ4n) is 2.46. The van der Waals surface area contributed by atoms with Crippen LogP contribution in [-0.4, -0.2) is 36.8 Å². The number of hydrogen-bond donors (Lipinski definition) is 3. The number of benzene rings is 1. The number of carbonyl (C=O) groups excluding carboxylic acids is 1. The summed E-state index contributed by atoms with van der Waals surface area (Å²) in [6.45, 7) is 1.78. The van der Waals surface area contributed by atoms with Gasteiger partial charge in [-0.05, 0) is 37.9 Å². The number of aliphatic hydroxyl groups excluding tert-OH is 1. The maximum absolute atomic E-state index is 12.1. The topological polar surface area (TPSA) is 61.4 Å². The molecule has 1 aromatic carbocycles. The van der Waals surface area contributed by atoms with Crippen LogP contribution in [0.15, 0.2) is 30.3 Å². The van der Waals surface area contributed by atoms with Crippen molar-refractivity contribution in [1.29, 1.82) is 0 Å². The third-order valence-electron chi connectivity index (χ3n) is 3.60. The first-order valence-electron chi connectivity index (χ1n) is 6.95. The first-order chi connectivity index (χ1) is 9.29. The number of piperidine rings is 1. The molecule has 0 radical (unpaired) electrons. The summed E-state index contributed by atoms with van der Waals surface area (Å²) in [4.78, 5) is 12.1. The molecule has 1 aliphatic heterocycles. The van der Waals surface area contributed by atoms with E-state index in [1.165, 1.54) is 0 Å². The molecular formula is C15H22N2O2. The van der Waals surface area contributed by atoms with E-state index in [0.29, 0.717) is 6.42 Å². The van der Waals surface area contributed by atoms with Crippen molar-refractivity contribution in [1.82, 2.24) is 10.6 Å². The average molecular weight is 262 g/mol. The SMILES string of the molecule is O=C(N[C@@H](CO)Cc1ccccc1)C1CCNCC1. The van der Waals surface area contributed by atoms with Crippen LogP contribution < -0.4 is 10.6 Å². The Morgan fingerprint density at radius 2 is 2.00 bits per heavy atom. The van der Waals surface area contributed by atoms with Crippen LogP contribution >= 0.6 is 0 Å². The quantitative estimate of drug-likeness (QED) is 0.732. The minimum atomic E-state index is -0.190. The van der Waals surface area contributed by atoms with Crippen molar-refractivity contribution in [3.63, 3.8) is 0 Å². The fraction of sp³-hybridized carbons (Fsp3) is 0.533. The molecule has 1 atom stereocenters. The highest BCUT2D eigenvalue weighted by molar-refractivity contribution is 5.79. The summed E-state index contributed by atoms with van der Waals surface area (Å²) in [5, 5.41) is 15.6. The Labute approximate surface area is 114 Å². The first kappa shape index (κ1) is 14.0. The normalized spacial score (nSPS) is 17.9. The lowest BCUT2D eigenvalue weighted by Crippen LogP contribution is -2.45. The number of nitrogens with one attached hydrogen (secondary N) is 2.